The first-order chi connectivity index (χ1) is 12.1. The van der Waals surface area contributed by atoms with E-state index in [-0.39, 0.29) is 5.41 Å². The molecule has 0 aliphatic carbocycles. The molecule has 1 rings (SSSR count). The fourth-order valence-corrected chi connectivity index (χ4v) is 3.29. The minimum atomic E-state index is 0.244. The van der Waals surface area contributed by atoms with Crippen molar-refractivity contribution in [3.63, 3.8) is 0 Å². The van der Waals surface area contributed by atoms with Crippen molar-refractivity contribution in [3.8, 4) is 6.19 Å². The van der Waals surface area contributed by atoms with E-state index in [0.29, 0.717) is 17.0 Å². The van der Waals surface area contributed by atoms with E-state index in [1.807, 2.05) is 13.1 Å². The van der Waals surface area contributed by atoms with E-state index < -0.39 is 0 Å². The van der Waals surface area contributed by atoms with E-state index in [1.54, 1.807) is 7.05 Å². The Labute approximate surface area is 160 Å². The number of rotatable bonds is 8. The second-order valence-electron chi connectivity index (χ2n) is 8.61. The Morgan fingerprint density at radius 1 is 1.08 bits per heavy atom. The minimum absolute atomic E-state index is 0.244. The van der Waals surface area contributed by atoms with Gasteiger partial charge in [0.25, 0.3) is 0 Å². The molecule has 1 atom stereocenters. The van der Waals surface area contributed by atoms with Crippen molar-refractivity contribution in [2.24, 2.45) is 20.8 Å². The van der Waals surface area contributed by atoms with Crippen molar-refractivity contribution in [1.82, 2.24) is 0 Å². The largest absolute Gasteiger partial charge is 0.286 e. The van der Waals surface area contributed by atoms with Crippen LogP contribution in [-0.2, 0) is 0 Å². The first-order valence-electron chi connectivity index (χ1n) is 9.62. The van der Waals surface area contributed by atoms with Crippen LogP contribution in [0.5, 0.6) is 0 Å². The molecule has 0 radical (unpaired) electrons. The molecule has 0 aliphatic rings. The molecule has 3 nitrogen and oxygen atoms in total. The number of nitriles is 1. The quantitative estimate of drug-likeness (QED) is 0.394. The number of hydrogen-bond acceptors (Lipinski definition) is 3. The third kappa shape index (κ3) is 5.53. The summed E-state index contributed by atoms with van der Waals surface area (Å²) in [4.78, 5) is 8.16. The van der Waals surface area contributed by atoms with Crippen molar-refractivity contribution < 1.29 is 0 Å². The standard InChI is InChI=1S/C23H35N3/c1-9-22(4,5)15-20(23(6,7)10-2)18-11-13-19(14-12-18)21(25-8)17(3)26-16-24/h11-14,20H,9-10,15H2,1-8H3/b25-21-,26-17+. The highest BCUT2D eigenvalue weighted by Gasteiger charge is 2.33. The van der Waals surface area contributed by atoms with Gasteiger partial charge in [-0.1, -0.05) is 78.6 Å². The monoisotopic (exact) mass is 353 g/mol. The number of benzene rings is 1. The fourth-order valence-electron chi connectivity index (χ4n) is 3.29. The fraction of sp³-hybridized carbons (Fsp3) is 0.609. The van der Waals surface area contributed by atoms with E-state index in [0.717, 1.165) is 17.7 Å². The normalized spacial score (nSPS) is 14.9. The summed E-state index contributed by atoms with van der Waals surface area (Å²) in [5.41, 5.74) is 4.39. The zero-order chi connectivity index (χ0) is 20.0. The Balaban J connectivity index is 3.27. The van der Waals surface area contributed by atoms with Crippen LogP contribution < -0.4 is 0 Å². The molecule has 0 N–H and O–H groups in total. The smallest absolute Gasteiger partial charge is 0.205 e. The molecule has 1 aromatic carbocycles. The zero-order valence-electron chi connectivity index (χ0n) is 17.8. The second-order valence-corrected chi connectivity index (χ2v) is 8.61. The molecule has 0 spiro atoms. The van der Waals surface area contributed by atoms with Gasteiger partial charge in [0, 0.05) is 12.6 Å². The number of hydrogen-bond donors (Lipinski definition) is 0. The SMILES string of the molecule is CCC(C)(C)CC(c1ccc(C(=N\C)/C(C)=N/C#N)cc1)C(C)(C)CC. The molecule has 0 aliphatic heterocycles. The van der Waals surface area contributed by atoms with Gasteiger partial charge in [-0.3, -0.25) is 4.99 Å². The molecular weight excluding hydrogens is 318 g/mol. The summed E-state index contributed by atoms with van der Waals surface area (Å²) in [6.07, 6.45) is 5.35. The molecule has 1 aromatic rings. The van der Waals surface area contributed by atoms with Gasteiger partial charge in [0.05, 0.1) is 11.4 Å². The van der Waals surface area contributed by atoms with Crippen LogP contribution in [0.1, 0.15) is 84.8 Å². The average molecular weight is 354 g/mol. The summed E-state index contributed by atoms with van der Waals surface area (Å²) in [6, 6.07) is 8.69. The van der Waals surface area contributed by atoms with E-state index in [9.17, 15) is 0 Å². The van der Waals surface area contributed by atoms with Gasteiger partial charge in [-0.15, -0.1) is 0 Å². The summed E-state index contributed by atoms with van der Waals surface area (Å²) >= 11 is 0. The summed E-state index contributed by atoms with van der Waals surface area (Å²) in [6.45, 7) is 15.9. The number of nitrogens with zero attached hydrogens (tertiary/aromatic N) is 3. The highest BCUT2D eigenvalue weighted by atomic mass is 14.8. The van der Waals surface area contributed by atoms with Gasteiger partial charge in [-0.05, 0) is 35.7 Å². The average Bonchev–Trinajstić information content (AvgIpc) is 2.61. The molecule has 142 valence electrons. The maximum absolute atomic E-state index is 8.80. The Bertz CT molecular complexity index is 685. The van der Waals surface area contributed by atoms with E-state index in [2.05, 4.69) is 75.8 Å². The molecule has 0 saturated heterocycles. The van der Waals surface area contributed by atoms with Gasteiger partial charge in [0.15, 0.2) is 0 Å². The maximum Gasteiger partial charge on any atom is 0.205 e. The second kappa shape index (κ2) is 9.12. The van der Waals surface area contributed by atoms with Crippen molar-refractivity contribution >= 4 is 11.4 Å². The van der Waals surface area contributed by atoms with Gasteiger partial charge >= 0.3 is 0 Å². The van der Waals surface area contributed by atoms with E-state index >= 15 is 0 Å². The Kier molecular flexibility index (Phi) is 7.75. The summed E-state index contributed by atoms with van der Waals surface area (Å²) in [7, 11) is 1.74. The summed E-state index contributed by atoms with van der Waals surface area (Å²) in [5.74, 6) is 0.507. The van der Waals surface area contributed by atoms with Crippen molar-refractivity contribution in [2.45, 2.75) is 73.6 Å². The third-order valence-electron chi connectivity index (χ3n) is 5.94. The van der Waals surface area contributed by atoms with Crippen LogP contribution >= 0.6 is 0 Å². The lowest BCUT2D eigenvalue weighted by atomic mass is 9.66. The predicted molar refractivity (Wildman–Crippen MR) is 113 cm³/mol. The summed E-state index contributed by atoms with van der Waals surface area (Å²) < 4.78 is 0. The van der Waals surface area contributed by atoms with Crippen LogP contribution in [-0.4, -0.2) is 18.5 Å². The molecule has 1 unspecified atom stereocenters. The van der Waals surface area contributed by atoms with Crippen LogP contribution in [0.25, 0.3) is 0 Å². The lowest BCUT2D eigenvalue weighted by Gasteiger charge is -2.39. The Morgan fingerprint density at radius 2 is 1.65 bits per heavy atom. The van der Waals surface area contributed by atoms with Crippen LogP contribution in [0, 0.1) is 22.3 Å². The first-order valence-corrected chi connectivity index (χ1v) is 9.62. The lowest BCUT2D eigenvalue weighted by Crippen LogP contribution is -2.27. The molecule has 0 heterocycles. The highest BCUT2D eigenvalue weighted by Crippen LogP contribution is 2.46. The Morgan fingerprint density at radius 3 is 2.08 bits per heavy atom. The van der Waals surface area contributed by atoms with Crippen LogP contribution in [0.15, 0.2) is 34.3 Å². The molecule has 0 bridgehead atoms. The molecule has 0 fully saturated rings. The predicted octanol–water partition coefficient (Wildman–Crippen LogP) is 6.39. The van der Waals surface area contributed by atoms with E-state index in [1.165, 1.54) is 18.4 Å². The Hall–Kier alpha value is -1.95. The van der Waals surface area contributed by atoms with Crippen molar-refractivity contribution in [1.29, 1.82) is 5.26 Å². The maximum atomic E-state index is 8.80. The van der Waals surface area contributed by atoms with Crippen LogP contribution in [0.4, 0.5) is 0 Å². The van der Waals surface area contributed by atoms with Gasteiger partial charge in [-0.2, -0.15) is 10.3 Å². The van der Waals surface area contributed by atoms with Crippen molar-refractivity contribution in [3.05, 3.63) is 35.4 Å². The van der Waals surface area contributed by atoms with Gasteiger partial charge in [0.1, 0.15) is 0 Å². The first kappa shape index (κ1) is 22.1. The molecular formula is C23H35N3. The topological polar surface area (TPSA) is 48.5 Å². The van der Waals surface area contributed by atoms with Crippen LogP contribution in [0.2, 0.25) is 0 Å². The van der Waals surface area contributed by atoms with E-state index in [4.69, 9.17) is 5.26 Å². The third-order valence-corrected chi connectivity index (χ3v) is 5.94. The van der Waals surface area contributed by atoms with Crippen molar-refractivity contribution in [2.75, 3.05) is 7.05 Å². The molecule has 26 heavy (non-hydrogen) atoms. The molecule has 3 heteroatoms. The highest BCUT2D eigenvalue weighted by molar-refractivity contribution is 6.47. The molecule has 0 saturated carbocycles. The van der Waals surface area contributed by atoms with Gasteiger partial charge in [-0.25, -0.2) is 0 Å². The minimum Gasteiger partial charge on any atom is -0.286 e. The van der Waals surface area contributed by atoms with Crippen LogP contribution in [0.3, 0.4) is 0 Å². The number of aliphatic imine (C=N–C) groups is 2. The molecule has 0 aromatic heterocycles. The lowest BCUT2D eigenvalue weighted by molar-refractivity contribution is 0.188. The zero-order valence-corrected chi connectivity index (χ0v) is 17.8. The molecule has 0 amide bonds. The van der Waals surface area contributed by atoms with Gasteiger partial charge in [0.2, 0.25) is 6.19 Å². The van der Waals surface area contributed by atoms with Gasteiger partial charge < -0.3 is 0 Å². The summed E-state index contributed by atoms with van der Waals surface area (Å²) in [5, 5.41) is 8.80.